The third-order valence-electron chi connectivity index (χ3n) is 6.09. The van der Waals surface area contributed by atoms with E-state index in [-0.39, 0.29) is 23.4 Å². The lowest BCUT2D eigenvalue weighted by molar-refractivity contribution is 0.102. The molecule has 1 aromatic heterocycles. The molecule has 1 fully saturated rings. The van der Waals surface area contributed by atoms with E-state index < -0.39 is 0 Å². The lowest BCUT2D eigenvalue weighted by Crippen LogP contribution is -2.33. The van der Waals surface area contributed by atoms with Crippen LogP contribution in [0.5, 0.6) is 11.5 Å². The van der Waals surface area contributed by atoms with E-state index in [0.29, 0.717) is 22.2 Å². The summed E-state index contributed by atoms with van der Waals surface area (Å²) >= 11 is 1.31. The van der Waals surface area contributed by atoms with Crippen LogP contribution in [-0.4, -0.2) is 58.5 Å². The molecule has 3 aromatic rings. The second kappa shape index (κ2) is 11.0. The Hall–Kier alpha value is -2.91. The number of halogens is 1. The van der Waals surface area contributed by atoms with Crippen molar-refractivity contribution in [2.24, 2.45) is 0 Å². The average molecular weight is 485 g/mol. The van der Waals surface area contributed by atoms with Crippen molar-refractivity contribution in [1.82, 2.24) is 19.7 Å². The zero-order chi connectivity index (χ0) is 24.1. The number of ether oxygens (including phenoxy) is 2. The first-order valence-electron chi connectivity index (χ1n) is 11.3. The number of ketones is 1. The molecule has 0 spiro atoms. The quantitative estimate of drug-likeness (QED) is 0.315. The van der Waals surface area contributed by atoms with Gasteiger partial charge in [-0.25, -0.2) is 4.39 Å². The second-order valence-corrected chi connectivity index (χ2v) is 9.15. The molecule has 9 heteroatoms. The van der Waals surface area contributed by atoms with Gasteiger partial charge in [0.25, 0.3) is 0 Å². The van der Waals surface area contributed by atoms with Crippen LogP contribution < -0.4 is 9.47 Å². The summed E-state index contributed by atoms with van der Waals surface area (Å²) in [5, 5.41) is 9.51. The number of thioether (sulfide) groups is 1. The van der Waals surface area contributed by atoms with Crippen LogP contribution in [0, 0.1) is 5.82 Å². The van der Waals surface area contributed by atoms with E-state index >= 15 is 0 Å². The van der Waals surface area contributed by atoms with E-state index in [1.165, 1.54) is 37.4 Å². The molecular weight excluding hydrogens is 455 g/mol. The Labute approximate surface area is 203 Å². The van der Waals surface area contributed by atoms with Crippen molar-refractivity contribution in [3.8, 4) is 17.2 Å². The molecular formula is C25H29FN4O3S. The van der Waals surface area contributed by atoms with Crippen molar-refractivity contribution < 1.29 is 18.7 Å². The fraction of sp³-hybridized carbons (Fsp3) is 0.400. The van der Waals surface area contributed by atoms with E-state index in [4.69, 9.17) is 9.47 Å². The first-order valence-corrected chi connectivity index (χ1v) is 12.3. The molecule has 7 nitrogen and oxygen atoms in total. The topological polar surface area (TPSA) is 69.5 Å². The molecule has 1 saturated heterocycles. The van der Waals surface area contributed by atoms with Gasteiger partial charge in [-0.05, 0) is 75.3 Å². The van der Waals surface area contributed by atoms with Gasteiger partial charge in [0.2, 0.25) is 0 Å². The first kappa shape index (κ1) is 24.2. The number of likely N-dealkylation sites (tertiary alicyclic amines) is 1. The van der Waals surface area contributed by atoms with Crippen LogP contribution in [0.4, 0.5) is 4.39 Å². The van der Waals surface area contributed by atoms with Gasteiger partial charge in [-0.15, -0.1) is 10.2 Å². The Morgan fingerprint density at radius 3 is 2.41 bits per heavy atom. The minimum absolute atomic E-state index is 0.0498. The Kier molecular flexibility index (Phi) is 7.84. The maximum absolute atomic E-state index is 13.6. The Bertz CT molecular complexity index is 1130. The van der Waals surface area contributed by atoms with Crippen LogP contribution in [0.25, 0.3) is 5.69 Å². The fourth-order valence-corrected chi connectivity index (χ4v) is 5.02. The van der Waals surface area contributed by atoms with Crippen LogP contribution in [-0.2, 0) is 0 Å². The molecule has 0 amide bonds. The van der Waals surface area contributed by atoms with Crippen molar-refractivity contribution >= 4 is 17.5 Å². The maximum Gasteiger partial charge on any atom is 0.196 e. The monoisotopic (exact) mass is 484 g/mol. The summed E-state index contributed by atoms with van der Waals surface area (Å²) < 4.78 is 26.1. The number of rotatable bonds is 9. The van der Waals surface area contributed by atoms with Gasteiger partial charge < -0.3 is 9.47 Å². The third-order valence-corrected chi connectivity index (χ3v) is 7.02. The molecule has 0 bridgehead atoms. The number of Topliss-reactive ketones (excluding diaryl/α,β-unsaturated/α-hetero) is 1. The maximum atomic E-state index is 13.6. The molecule has 0 N–H and O–H groups in total. The molecule has 0 aliphatic carbocycles. The molecule has 180 valence electrons. The minimum Gasteiger partial charge on any atom is -0.493 e. The molecule has 1 atom stereocenters. The second-order valence-electron chi connectivity index (χ2n) is 8.21. The highest BCUT2D eigenvalue weighted by Crippen LogP contribution is 2.31. The van der Waals surface area contributed by atoms with Crippen molar-refractivity contribution in [3.05, 3.63) is 59.7 Å². The summed E-state index contributed by atoms with van der Waals surface area (Å²) in [7, 11) is 3.09. The van der Waals surface area contributed by atoms with Gasteiger partial charge in [-0.3, -0.25) is 14.3 Å². The molecule has 2 heterocycles. The zero-order valence-corrected chi connectivity index (χ0v) is 20.5. The Balaban J connectivity index is 1.59. The summed E-state index contributed by atoms with van der Waals surface area (Å²) in [6.07, 6.45) is 3.57. The standard InChI is InChI=1S/C25H29FN4O3S/c1-17(29-13-5-4-6-14-29)24-27-28-25(30(24)20-10-8-19(26)9-11-20)34-16-21(31)18-7-12-22(32-2)23(15-18)33-3/h7-12,15,17H,4-6,13-14,16H2,1-3H3. The number of piperidine rings is 1. The summed E-state index contributed by atoms with van der Waals surface area (Å²) in [4.78, 5) is 15.3. The van der Waals surface area contributed by atoms with Crippen LogP contribution >= 0.6 is 11.8 Å². The van der Waals surface area contributed by atoms with E-state index in [1.54, 1.807) is 37.4 Å². The number of hydrogen-bond acceptors (Lipinski definition) is 7. The average Bonchev–Trinajstić information content (AvgIpc) is 3.31. The number of benzene rings is 2. The zero-order valence-electron chi connectivity index (χ0n) is 19.7. The Morgan fingerprint density at radius 2 is 1.74 bits per heavy atom. The number of methoxy groups -OCH3 is 2. The van der Waals surface area contributed by atoms with Crippen LogP contribution in [0.15, 0.2) is 47.6 Å². The van der Waals surface area contributed by atoms with E-state index in [1.807, 2.05) is 4.57 Å². The van der Waals surface area contributed by atoms with Crippen LogP contribution in [0.2, 0.25) is 0 Å². The summed E-state index contributed by atoms with van der Waals surface area (Å²) in [5.74, 6) is 1.66. The van der Waals surface area contributed by atoms with E-state index in [2.05, 4.69) is 22.0 Å². The normalized spacial score (nSPS) is 15.2. The molecule has 34 heavy (non-hydrogen) atoms. The highest BCUT2D eigenvalue weighted by molar-refractivity contribution is 7.99. The van der Waals surface area contributed by atoms with Crippen LogP contribution in [0.1, 0.15) is 48.4 Å². The predicted octanol–water partition coefficient (Wildman–Crippen LogP) is 4.95. The molecule has 1 aliphatic heterocycles. The highest BCUT2D eigenvalue weighted by atomic mass is 32.2. The van der Waals surface area contributed by atoms with Gasteiger partial charge in [0.05, 0.1) is 26.0 Å². The molecule has 4 rings (SSSR count). The minimum atomic E-state index is -0.305. The first-order chi connectivity index (χ1) is 16.5. The van der Waals surface area contributed by atoms with Gasteiger partial charge in [0.15, 0.2) is 28.3 Å². The van der Waals surface area contributed by atoms with Gasteiger partial charge in [0, 0.05) is 11.3 Å². The van der Waals surface area contributed by atoms with Gasteiger partial charge >= 0.3 is 0 Å². The lowest BCUT2D eigenvalue weighted by atomic mass is 10.1. The smallest absolute Gasteiger partial charge is 0.196 e. The number of aromatic nitrogens is 3. The van der Waals surface area contributed by atoms with Gasteiger partial charge in [-0.1, -0.05) is 18.2 Å². The van der Waals surface area contributed by atoms with Crippen molar-refractivity contribution in [2.45, 2.75) is 37.4 Å². The van der Waals surface area contributed by atoms with Crippen molar-refractivity contribution in [3.63, 3.8) is 0 Å². The predicted molar refractivity (Wildman–Crippen MR) is 130 cm³/mol. The molecule has 2 aromatic carbocycles. The number of carbonyl (C=O) groups is 1. The largest absolute Gasteiger partial charge is 0.493 e. The lowest BCUT2D eigenvalue weighted by Gasteiger charge is -2.31. The highest BCUT2D eigenvalue weighted by Gasteiger charge is 2.26. The van der Waals surface area contributed by atoms with Crippen molar-refractivity contribution in [1.29, 1.82) is 0 Å². The van der Waals surface area contributed by atoms with Gasteiger partial charge in [0.1, 0.15) is 5.82 Å². The summed E-state index contributed by atoms with van der Waals surface area (Å²) in [6, 6.07) is 11.4. The SMILES string of the molecule is COc1ccc(C(=O)CSc2nnc(C(C)N3CCCCC3)n2-c2ccc(F)cc2)cc1OC. The molecule has 0 saturated carbocycles. The third kappa shape index (κ3) is 5.26. The van der Waals surface area contributed by atoms with E-state index in [9.17, 15) is 9.18 Å². The summed E-state index contributed by atoms with van der Waals surface area (Å²) in [6.45, 7) is 4.15. The number of nitrogens with zero attached hydrogens (tertiary/aromatic N) is 4. The van der Waals surface area contributed by atoms with Crippen molar-refractivity contribution in [2.75, 3.05) is 33.1 Å². The van der Waals surface area contributed by atoms with Crippen LogP contribution in [0.3, 0.4) is 0 Å². The number of hydrogen-bond donors (Lipinski definition) is 0. The summed E-state index contributed by atoms with van der Waals surface area (Å²) in [5.41, 5.74) is 1.30. The fourth-order valence-electron chi connectivity index (χ4n) is 4.17. The Morgan fingerprint density at radius 1 is 1.03 bits per heavy atom. The molecule has 1 aliphatic rings. The number of carbonyl (C=O) groups excluding carboxylic acids is 1. The molecule has 1 unspecified atom stereocenters. The van der Waals surface area contributed by atoms with E-state index in [0.717, 1.165) is 37.4 Å². The molecule has 0 radical (unpaired) electrons. The van der Waals surface area contributed by atoms with Gasteiger partial charge in [-0.2, -0.15) is 0 Å².